The normalized spacial score (nSPS) is 16.2. The molecule has 1 amide bonds. The van der Waals surface area contributed by atoms with E-state index in [2.05, 4.69) is 15.7 Å². The predicted octanol–water partition coefficient (Wildman–Crippen LogP) is 1.72. The number of anilines is 1. The zero-order valence-corrected chi connectivity index (χ0v) is 12.7. The van der Waals surface area contributed by atoms with Crippen molar-refractivity contribution < 1.29 is 9.59 Å². The minimum absolute atomic E-state index is 0.0495. The second kappa shape index (κ2) is 5.62. The molecule has 0 spiro atoms. The van der Waals surface area contributed by atoms with Crippen molar-refractivity contribution in [2.45, 2.75) is 32.4 Å². The number of carbonyl (C=O) groups excluding carboxylic acids is 2. The number of nitrogens with zero attached hydrogens (tertiary/aromatic N) is 2. The Kier molecular flexibility index (Phi) is 3.46. The van der Waals surface area contributed by atoms with E-state index < -0.39 is 0 Å². The minimum atomic E-state index is -0.116. The van der Waals surface area contributed by atoms with Gasteiger partial charge < -0.3 is 10.6 Å². The van der Waals surface area contributed by atoms with E-state index in [1.165, 1.54) is 4.68 Å². The molecular weight excluding hydrogens is 292 g/mol. The van der Waals surface area contributed by atoms with Gasteiger partial charge in [0.15, 0.2) is 5.82 Å². The van der Waals surface area contributed by atoms with E-state index >= 15 is 0 Å². The van der Waals surface area contributed by atoms with Crippen LogP contribution in [0.15, 0.2) is 30.3 Å². The summed E-state index contributed by atoms with van der Waals surface area (Å²) in [4.78, 5) is 24.6. The Hall–Kier alpha value is -2.47. The van der Waals surface area contributed by atoms with Crippen molar-refractivity contribution in [1.29, 1.82) is 0 Å². The summed E-state index contributed by atoms with van der Waals surface area (Å²) in [7, 11) is 0. The maximum Gasteiger partial charge on any atom is 0.250 e. The monoisotopic (exact) mass is 310 g/mol. The van der Waals surface area contributed by atoms with E-state index in [0.29, 0.717) is 25.3 Å². The molecule has 0 radical (unpaired) electrons. The van der Waals surface area contributed by atoms with E-state index in [9.17, 15) is 9.59 Å². The van der Waals surface area contributed by atoms with E-state index in [0.717, 1.165) is 29.7 Å². The van der Waals surface area contributed by atoms with Crippen molar-refractivity contribution >= 4 is 17.6 Å². The lowest BCUT2D eigenvalue weighted by Crippen LogP contribution is -2.20. The molecule has 1 aliphatic heterocycles. The Morgan fingerprint density at radius 2 is 2.00 bits per heavy atom. The largest absolute Gasteiger partial charge is 0.309 e. The van der Waals surface area contributed by atoms with Gasteiger partial charge in [-0.1, -0.05) is 30.3 Å². The average molecular weight is 310 g/mol. The first-order valence-corrected chi connectivity index (χ1v) is 7.92. The maximum absolute atomic E-state index is 12.3. The van der Waals surface area contributed by atoms with Crippen LogP contribution >= 0.6 is 0 Å². The first kappa shape index (κ1) is 14.1. The van der Waals surface area contributed by atoms with Crippen molar-refractivity contribution in [1.82, 2.24) is 15.1 Å². The number of rotatable bonds is 4. The van der Waals surface area contributed by atoms with Crippen LogP contribution in [0.5, 0.6) is 0 Å². The number of aromatic nitrogens is 2. The Bertz CT molecular complexity index is 762. The van der Waals surface area contributed by atoms with Gasteiger partial charge in [0.05, 0.1) is 12.1 Å². The molecule has 1 aromatic heterocycles. The van der Waals surface area contributed by atoms with Crippen LogP contribution in [0, 0.1) is 5.92 Å². The molecule has 118 valence electrons. The molecular formula is C17H18N4O2. The SMILES string of the molecule is O=C(Cc1ccccc1)Nc1nn(C(=O)C2CC2)c2c1CNC2. The van der Waals surface area contributed by atoms with Gasteiger partial charge in [0.25, 0.3) is 0 Å². The van der Waals surface area contributed by atoms with Crippen molar-refractivity contribution in [2.24, 2.45) is 5.92 Å². The summed E-state index contributed by atoms with van der Waals surface area (Å²) in [6.45, 7) is 1.25. The van der Waals surface area contributed by atoms with Gasteiger partial charge in [0, 0.05) is 24.6 Å². The van der Waals surface area contributed by atoms with E-state index in [1.807, 2.05) is 30.3 Å². The van der Waals surface area contributed by atoms with Crippen LogP contribution in [0.1, 0.15) is 34.5 Å². The minimum Gasteiger partial charge on any atom is -0.309 e. The summed E-state index contributed by atoms with van der Waals surface area (Å²) in [6, 6.07) is 9.58. The van der Waals surface area contributed by atoms with Gasteiger partial charge in [0.1, 0.15) is 0 Å². The highest BCUT2D eigenvalue weighted by atomic mass is 16.2. The molecule has 1 fully saturated rings. The first-order chi connectivity index (χ1) is 11.2. The Morgan fingerprint density at radius 3 is 2.74 bits per heavy atom. The standard InChI is InChI=1S/C17H18N4O2/c22-15(8-11-4-2-1-3-5-11)19-16-13-9-18-10-14(13)21(20-16)17(23)12-6-7-12/h1-5,12,18H,6-10H2,(H,19,20,22). The van der Waals surface area contributed by atoms with Crippen LogP contribution in [0.4, 0.5) is 5.82 Å². The quantitative estimate of drug-likeness (QED) is 0.901. The second-order valence-corrected chi connectivity index (χ2v) is 6.11. The highest BCUT2D eigenvalue weighted by molar-refractivity contribution is 5.93. The predicted molar refractivity (Wildman–Crippen MR) is 84.9 cm³/mol. The molecule has 6 heteroatoms. The highest BCUT2D eigenvalue weighted by Crippen LogP contribution is 2.33. The van der Waals surface area contributed by atoms with Gasteiger partial charge >= 0.3 is 0 Å². The van der Waals surface area contributed by atoms with Crippen LogP contribution in [0.25, 0.3) is 0 Å². The molecule has 0 saturated heterocycles. The van der Waals surface area contributed by atoms with Gasteiger partial charge in [-0.3, -0.25) is 9.59 Å². The molecule has 2 N–H and O–H groups in total. The number of nitrogens with one attached hydrogen (secondary N) is 2. The van der Waals surface area contributed by atoms with Crippen LogP contribution in [-0.4, -0.2) is 21.6 Å². The second-order valence-electron chi connectivity index (χ2n) is 6.11. The first-order valence-electron chi connectivity index (χ1n) is 7.92. The highest BCUT2D eigenvalue weighted by Gasteiger charge is 2.35. The van der Waals surface area contributed by atoms with Crippen LogP contribution in [0.3, 0.4) is 0 Å². The molecule has 0 bridgehead atoms. The Labute approximate surface area is 133 Å². The summed E-state index contributed by atoms with van der Waals surface area (Å²) < 4.78 is 1.49. The third-order valence-electron chi connectivity index (χ3n) is 4.28. The lowest BCUT2D eigenvalue weighted by atomic mass is 10.1. The Balaban J connectivity index is 1.54. The molecule has 23 heavy (non-hydrogen) atoms. The lowest BCUT2D eigenvalue weighted by molar-refractivity contribution is -0.115. The molecule has 1 aliphatic carbocycles. The third kappa shape index (κ3) is 2.77. The van der Waals surface area contributed by atoms with Gasteiger partial charge in [-0.05, 0) is 18.4 Å². The average Bonchev–Trinajstić information content (AvgIpc) is 3.19. The number of hydrogen-bond acceptors (Lipinski definition) is 4. The number of carbonyl (C=O) groups is 2. The topological polar surface area (TPSA) is 76.0 Å². The fourth-order valence-electron chi connectivity index (χ4n) is 2.90. The van der Waals surface area contributed by atoms with E-state index in [-0.39, 0.29) is 17.7 Å². The van der Waals surface area contributed by atoms with E-state index in [1.54, 1.807) is 0 Å². The molecule has 4 rings (SSSR count). The Morgan fingerprint density at radius 1 is 1.22 bits per heavy atom. The van der Waals surface area contributed by atoms with Gasteiger partial charge in [-0.25, -0.2) is 4.68 Å². The molecule has 6 nitrogen and oxygen atoms in total. The number of hydrogen-bond donors (Lipinski definition) is 2. The van der Waals surface area contributed by atoms with Crippen molar-refractivity contribution in [3.05, 3.63) is 47.2 Å². The summed E-state index contributed by atoms with van der Waals surface area (Å²) in [5.41, 5.74) is 2.77. The molecule has 1 saturated carbocycles. The zero-order valence-electron chi connectivity index (χ0n) is 12.7. The summed E-state index contributed by atoms with van der Waals surface area (Å²) >= 11 is 0. The fourth-order valence-corrected chi connectivity index (χ4v) is 2.90. The molecule has 2 aliphatic rings. The summed E-state index contributed by atoms with van der Waals surface area (Å²) in [5, 5.41) is 10.5. The molecule has 0 unspecified atom stereocenters. The smallest absolute Gasteiger partial charge is 0.250 e. The number of amides is 1. The van der Waals surface area contributed by atoms with Crippen LogP contribution < -0.4 is 10.6 Å². The zero-order chi connectivity index (χ0) is 15.8. The van der Waals surface area contributed by atoms with Crippen molar-refractivity contribution in [2.75, 3.05) is 5.32 Å². The lowest BCUT2D eigenvalue weighted by Gasteiger charge is -2.04. The van der Waals surface area contributed by atoms with Gasteiger partial charge in [-0.2, -0.15) is 0 Å². The summed E-state index contributed by atoms with van der Waals surface area (Å²) in [6.07, 6.45) is 2.18. The number of benzene rings is 1. The molecule has 0 atom stereocenters. The van der Waals surface area contributed by atoms with Gasteiger partial charge in [-0.15, -0.1) is 5.10 Å². The van der Waals surface area contributed by atoms with Crippen molar-refractivity contribution in [3.63, 3.8) is 0 Å². The molecule has 2 aromatic rings. The molecule has 1 aromatic carbocycles. The van der Waals surface area contributed by atoms with Gasteiger partial charge in [0.2, 0.25) is 11.8 Å². The van der Waals surface area contributed by atoms with Crippen LogP contribution in [-0.2, 0) is 24.3 Å². The van der Waals surface area contributed by atoms with E-state index in [4.69, 9.17) is 0 Å². The van der Waals surface area contributed by atoms with Crippen LogP contribution in [0.2, 0.25) is 0 Å². The third-order valence-corrected chi connectivity index (χ3v) is 4.28. The molecule has 2 heterocycles. The fraction of sp³-hybridized carbons (Fsp3) is 0.353. The summed E-state index contributed by atoms with van der Waals surface area (Å²) in [5.74, 6) is 0.551. The van der Waals surface area contributed by atoms with Crippen molar-refractivity contribution in [3.8, 4) is 0 Å². The number of fused-ring (bicyclic) bond motifs is 1. The maximum atomic E-state index is 12.3.